The minimum atomic E-state index is -0.578. The summed E-state index contributed by atoms with van der Waals surface area (Å²) in [5, 5.41) is 0. The van der Waals surface area contributed by atoms with Crippen molar-refractivity contribution >= 4 is 0 Å². The summed E-state index contributed by atoms with van der Waals surface area (Å²) in [4.78, 5) is 0. The molecule has 244 valence electrons. The standard InChI is InChI=1S/C46H42O3/c1-27-23-25-31(29(3)41(27)33-15-13-18-36-43(33)47-38-20-10-9-17-35(38)45(36,5)6)32-26-24-28(2)42(30(32)4)34-16-14-19-37-44(34)48-39-21-11-12-22-40(39)49-46(37,7)8/h9-26H,1-8H3. The van der Waals surface area contributed by atoms with E-state index in [9.17, 15) is 0 Å². The molecule has 0 fully saturated rings. The van der Waals surface area contributed by atoms with Crippen LogP contribution >= 0.6 is 0 Å². The Balaban J connectivity index is 1.30. The van der Waals surface area contributed by atoms with Crippen molar-refractivity contribution in [3.05, 3.63) is 148 Å². The third-order valence-corrected chi connectivity index (χ3v) is 10.7. The fraction of sp³-hybridized carbons (Fsp3) is 0.217. The minimum absolute atomic E-state index is 0.183. The molecule has 0 aliphatic carbocycles. The van der Waals surface area contributed by atoms with Crippen LogP contribution in [-0.4, -0.2) is 0 Å². The zero-order valence-corrected chi connectivity index (χ0v) is 29.6. The summed E-state index contributed by atoms with van der Waals surface area (Å²) in [6.45, 7) is 17.7. The van der Waals surface area contributed by atoms with Crippen molar-refractivity contribution in [1.29, 1.82) is 0 Å². The SMILES string of the molecule is Cc1ccc(-c2ccc(C)c(-c3cccc4c3Oc3ccccc3C4(C)C)c2C)c(C)c1-c1cccc2c1Oc1ccccc1OC2(C)C. The van der Waals surface area contributed by atoms with Crippen molar-refractivity contribution in [2.75, 3.05) is 0 Å². The molecule has 8 rings (SSSR count). The fourth-order valence-corrected chi connectivity index (χ4v) is 8.15. The molecule has 3 heteroatoms. The van der Waals surface area contributed by atoms with E-state index in [-0.39, 0.29) is 5.41 Å². The predicted molar refractivity (Wildman–Crippen MR) is 201 cm³/mol. The number of ether oxygens (including phenoxy) is 3. The quantitative estimate of drug-likeness (QED) is 0.192. The van der Waals surface area contributed by atoms with E-state index < -0.39 is 5.60 Å². The highest BCUT2D eigenvalue weighted by Gasteiger charge is 2.36. The van der Waals surface area contributed by atoms with Gasteiger partial charge in [0.15, 0.2) is 11.5 Å². The molecule has 3 nitrogen and oxygen atoms in total. The molecule has 0 N–H and O–H groups in total. The highest BCUT2D eigenvalue weighted by atomic mass is 16.5. The van der Waals surface area contributed by atoms with Crippen LogP contribution in [0.1, 0.15) is 66.6 Å². The molecular weight excluding hydrogens is 601 g/mol. The van der Waals surface area contributed by atoms with Gasteiger partial charge in [0.25, 0.3) is 0 Å². The van der Waals surface area contributed by atoms with Crippen molar-refractivity contribution in [3.63, 3.8) is 0 Å². The zero-order valence-electron chi connectivity index (χ0n) is 29.6. The maximum absolute atomic E-state index is 6.75. The summed E-state index contributed by atoms with van der Waals surface area (Å²) in [7, 11) is 0. The third-order valence-electron chi connectivity index (χ3n) is 10.7. The second-order valence-corrected chi connectivity index (χ2v) is 14.6. The molecule has 2 aliphatic rings. The van der Waals surface area contributed by atoms with Gasteiger partial charge in [0.2, 0.25) is 0 Å². The van der Waals surface area contributed by atoms with Crippen molar-refractivity contribution < 1.29 is 14.2 Å². The van der Waals surface area contributed by atoms with Crippen LogP contribution < -0.4 is 14.2 Å². The number of hydrogen-bond acceptors (Lipinski definition) is 3. The lowest BCUT2D eigenvalue weighted by Gasteiger charge is -2.35. The lowest BCUT2D eigenvalue weighted by atomic mass is 9.74. The molecule has 0 saturated heterocycles. The van der Waals surface area contributed by atoms with Gasteiger partial charge in [0.1, 0.15) is 22.8 Å². The number of para-hydroxylation sites is 5. The number of rotatable bonds is 3. The highest BCUT2D eigenvalue weighted by molar-refractivity contribution is 5.89. The van der Waals surface area contributed by atoms with Crippen molar-refractivity contribution in [2.45, 2.75) is 66.4 Å². The Morgan fingerprint density at radius 1 is 0.408 bits per heavy atom. The van der Waals surface area contributed by atoms with E-state index in [1.807, 2.05) is 24.3 Å². The Morgan fingerprint density at radius 2 is 0.878 bits per heavy atom. The smallest absolute Gasteiger partial charge is 0.169 e. The molecule has 0 radical (unpaired) electrons. The predicted octanol–water partition coefficient (Wildman–Crippen LogP) is 12.8. The average molecular weight is 643 g/mol. The average Bonchev–Trinajstić information content (AvgIpc) is 3.19. The van der Waals surface area contributed by atoms with E-state index in [1.165, 1.54) is 55.6 Å². The van der Waals surface area contributed by atoms with Crippen LogP contribution in [-0.2, 0) is 11.0 Å². The first-order valence-corrected chi connectivity index (χ1v) is 17.2. The van der Waals surface area contributed by atoms with Gasteiger partial charge >= 0.3 is 0 Å². The maximum Gasteiger partial charge on any atom is 0.169 e. The summed E-state index contributed by atoms with van der Waals surface area (Å²) >= 11 is 0. The van der Waals surface area contributed by atoms with E-state index in [2.05, 4.69) is 140 Å². The van der Waals surface area contributed by atoms with Gasteiger partial charge in [-0.3, -0.25) is 0 Å². The normalized spacial score (nSPS) is 14.9. The second kappa shape index (κ2) is 11.1. The summed E-state index contributed by atoms with van der Waals surface area (Å²) in [5.74, 6) is 4.20. The maximum atomic E-state index is 6.75. The zero-order chi connectivity index (χ0) is 34.2. The fourth-order valence-electron chi connectivity index (χ4n) is 8.15. The van der Waals surface area contributed by atoms with E-state index in [0.29, 0.717) is 0 Å². The highest BCUT2D eigenvalue weighted by Crippen LogP contribution is 2.53. The van der Waals surface area contributed by atoms with Crippen LogP contribution in [0.5, 0.6) is 28.7 Å². The molecule has 6 aromatic rings. The molecular formula is C46H42O3. The molecule has 2 aliphatic heterocycles. The van der Waals surface area contributed by atoms with Gasteiger partial charge in [-0.25, -0.2) is 0 Å². The lowest BCUT2D eigenvalue weighted by molar-refractivity contribution is 0.111. The van der Waals surface area contributed by atoms with Gasteiger partial charge in [-0.1, -0.05) is 105 Å². The molecule has 0 spiro atoms. The van der Waals surface area contributed by atoms with Gasteiger partial charge in [-0.15, -0.1) is 0 Å². The second-order valence-electron chi connectivity index (χ2n) is 14.6. The molecule has 2 heterocycles. The molecule has 6 aromatic carbocycles. The first kappa shape index (κ1) is 31.0. The van der Waals surface area contributed by atoms with Crippen molar-refractivity contribution in [1.82, 2.24) is 0 Å². The molecule has 0 aromatic heterocycles. The van der Waals surface area contributed by atoms with Crippen molar-refractivity contribution in [2.24, 2.45) is 0 Å². The van der Waals surface area contributed by atoms with Crippen LogP contribution in [0.2, 0.25) is 0 Å². The summed E-state index contributed by atoms with van der Waals surface area (Å²) in [6, 6.07) is 38.5. The molecule has 0 saturated carbocycles. The van der Waals surface area contributed by atoms with E-state index in [4.69, 9.17) is 14.2 Å². The van der Waals surface area contributed by atoms with Crippen LogP contribution in [0, 0.1) is 27.7 Å². The third kappa shape index (κ3) is 4.78. The lowest BCUT2D eigenvalue weighted by Crippen LogP contribution is -2.24. The van der Waals surface area contributed by atoms with E-state index in [0.717, 1.165) is 45.4 Å². The molecule has 0 bridgehead atoms. The largest absolute Gasteiger partial charge is 0.479 e. The number of aryl methyl sites for hydroxylation is 2. The molecule has 49 heavy (non-hydrogen) atoms. The van der Waals surface area contributed by atoms with Crippen LogP contribution in [0.15, 0.2) is 109 Å². The Kier molecular flexibility index (Phi) is 7.05. The summed E-state index contributed by atoms with van der Waals surface area (Å²) < 4.78 is 20.0. The topological polar surface area (TPSA) is 27.7 Å². The minimum Gasteiger partial charge on any atom is -0.479 e. The molecule has 0 unspecified atom stereocenters. The van der Waals surface area contributed by atoms with Gasteiger partial charge in [0, 0.05) is 33.2 Å². The van der Waals surface area contributed by atoms with Gasteiger partial charge in [-0.05, 0) is 104 Å². The van der Waals surface area contributed by atoms with Crippen molar-refractivity contribution in [3.8, 4) is 62.1 Å². The summed E-state index contributed by atoms with van der Waals surface area (Å²) in [6.07, 6.45) is 0. The molecule has 0 amide bonds. The van der Waals surface area contributed by atoms with E-state index >= 15 is 0 Å². The Labute approximate surface area is 290 Å². The number of fused-ring (bicyclic) bond motifs is 4. The van der Waals surface area contributed by atoms with Crippen LogP contribution in [0.25, 0.3) is 33.4 Å². The first-order valence-electron chi connectivity index (χ1n) is 17.2. The van der Waals surface area contributed by atoms with Gasteiger partial charge in [0.05, 0.1) is 0 Å². The van der Waals surface area contributed by atoms with Crippen LogP contribution in [0.4, 0.5) is 0 Å². The van der Waals surface area contributed by atoms with Crippen LogP contribution in [0.3, 0.4) is 0 Å². The van der Waals surface area contributed by atoms with E-state index in [1.54, 1.807) is 0 Å². The monoisotopic (exact) mass is 642 g/mol. The van der Waals surface area contributed by atoms with Gasteiger partial charge in [-0.2, -0.15) is 0 Å². The Hall–Kier alpha value is -5.28. The number of benzene rings is 6. The van der Waals surface area contributed by atoms with Gasteiger partial charge < -0.3 is 14.2 Å². The Morgan fingerprint density at radius 3 is 1.49 bits per heavy atom. The Bertz CT molecular complexity index is 2310. The number of hydrogen-bond donors (Lipinski definition) is 0. The summed E-state index contributed by atoms with van der Waals surface area (Å²) in [5.41, 5.74) is 14.6. The first-order chi connectivity index (χ1) is 23.5. The molecule has 0 atom stereocenters.